The van der Waals surface area contributed by atoms with Crippen molar-refractivity contribution in [2.24, 2.45) is 23.2 Å². The number of pyridine rings is 1. The number of amides is 4. The minimum atomic E-state index is -4.40. The maximum Gasteiger partial charge on any atom is 0.259 e. The second-order valence-corrected chi connectivity index (χ2v) is 18.9. The standard InChI is InChI=1S/C39H51F2N5O8S/c1-22-9-7-8-10-25-19-39(25,36(50)45-55(51,52)38(21-40)12-13-38)44-32(47)29-17-26(54-33-27-18-28(41)30(53-6)16-24(27)11-14-42-33)20-46(29)34(48)31(23(2)15-22)43-35(49)37(3,4)5/h8,10-11,14,16,18,22-23,25-26,29,31H,7,9,12-13,15,17,19-21H2,1-6H3,(H,43,49)(H,44,47)(H,45,50)/t22-,23-,25-,26-,29+,31+,39-/m1/s1. The molecule has 2 aromatic rings. The summed E-state index contributed by atoms with van der Waals surface area (Å²) in [5.41, 5.74) is -2.51. The molecule has 1 aromatic carbocycles. The molecule has 3 fully saturated rings. The number of nitrogens with zero attached hydrogens (tertiary/aromatic N) is 2. The smallest absolute Gasteiger partial charge is 0.259 e. The number of hydrogen-bond acceptors (Lipinski definition) is 9. The Kier molecular flexibility index (Phi) is 11.0. The first-order valence-electron chi connectivity index (χ1n) is 18.9. The Labute approximate surface area is 320 Å². The van der Waals surface area contributed by atoms with Crippen LogP contribution >= 0.6 is 0 Å². The van der Waals surface area contributed by atoms with E-state index in [1.54, 1.807) is 32.9 Å². The lowest BCUT2D eigenvalue weighted by atomic mass is 9.86. The number of rotatable bonds is 8. The monoisotopic (exact) mass is 787 g/mol. The van der Waals surface area contributed by atoms with E-state index in [0.29, 0.717) is 23.6 Å². The third kappa shape index (κ3) is 8.01. The Hall–Kier alpha value is -4.34. The molecule has 7 atom stereocenters. The van der Waals surface area contributed by atoms with E-state index >= 15 is 0 Å². The van der Waals surface area contributed by atoms with Gasteiger partial charge >= 0.3 is 0 Å². The van der Waals surface area contributed by atoms with E-state index in [-0.39, 0.29) is 61.6 Å². The van der Waals surface area contributed by atoms with Crippen LogP contribution in [0.15, 0.2) is 36.5 Å². The number of carbonyl (C=O) groups excluding carboxylic acids is 4. The summed E-state index contributed by atoms with van der Waals surface area (Å²) in [5.74, 6) is -3.90. The van der Waals surface area contributed by atoms with E-state index in [4.69, 9.17) is 9.47 Å². The molecule has 55 heavy (non-hydrogen) atoms. The molecule has 6 rings (SSSR count). The van der Waals surface area contributed by atoms with Crippen LogP contribution in [0.5, 0.6) is 11.6 Å². The Bertz CT molecular complexity index is 2000. The number of allylic oxidation sites excluding steroid dienone is 1. The average molecular weight is 788 g/mol. The van der Waals surface area contributed by atoms with Crippen molar-refractivity contribution in [1.82, 2.24) is 25.2 Å². The molecule has 0 spiro atoms. The number of halogens is 2. The molecule has 2 saturated carbocycles. The quantitative estimate of drug-likeness (QED) is 0.333. The minimum absolute atomic E-state index is 0.0291. The highest BCUT2D eigenvalue weighted by Gasteiger charge is 2.64. The number of alkyl halides is 1. The number of sulfonamides is 1. The molecule has 2 aliphatic heterocycles. The summed E-state index contributed by atoms with van der Waals surface area (Å²) in [5, 5.41) is 6.67. The number of benzene rings is 1. The van der Waals surface area contributed by atoms with Crippen molar-refractivity contribution in [3.8, 4) is 11.6 Å². The molecule has 16 heteroatoms. The van der Waals surface area contributed by atoms with E-state index < -0.39 is 80.0 Å². The summed E-state index contributed by atoms with van der Waals surface area (Å²) < 4.78 is 66.8. The van der Waals surface area contributed by atoms with Gasteiger partial charge in [-0.1, -0.05) is 46.8 Å². The summed E-state index contributed by atoms with van der Waals surface area (Å²) in [6.45, 7) is 7.88. The van der Waals surface area contributed by atoms with E-state index in [9.17, 15) is 36.4 Å². The van der Waals surface area contributed by atoms with E-state index in [2.05, 4.69) is 27.3 Å². The van der Waals surface area contributed by atoms with Crippen molar-refractivity contribution >= 4 is 44.4 Å². The molecule has 13 nitrogen and oxygen atoms in total. The van der Waals surface area contributed by atoms with Crippen LogP contribution in [0.4, 0.5) is 8.78 Å². The lowest BCUT2D eigenvalue weighted by Gasteiger charge is -2.34. The third-order valence-corrected chi connectivity index (χ3v) is 13.6. The van der Waals surface area contributed by atoms with Gasteiger partial charge in [-0.3, -0.25) is 23.9 Å². The lowest BCUT2D eigenvalue weighted by molar-refractivity contribution is -0.144. The van der Waals surface area contributed by atoms with Gasteiger partial charge in [-0.25, -0.2) is 22.2 Å². The molecule has 4 amide bonds. The number of ether oxygens (including phenoxy) is 2. The van der Waals surface area contributed by atoms with Gasteiger partial charge in [-0.2, -0.15) is 0 Å². The van der Waals surface area contributed by atoms with Crippen molar-refractivity contribution in [2.45, 2.75) is 108 Å². The topological polar surface area (TPSA) is 173 Å². The largest absolute Gasteiger partial charge is 0.494 e. The van der Waals surface area contributed by atoms with Crippen molar-refractivity contribution in [3.05, 3.63) is 42.4 Å². The number of hydrogen-bond donors (Lipinski definition) is 3. The van der Waals surface area contributed by atoms with Gasteiger partial charge in [0.15, 0.2) is 11.6 Å². The second-order valence-electron chi connectivity index (χ2n) is 16.9. The van der Waals surface area contributed by atoms with Crippen LogP contribution in [0, 0.1) is 29.0 Å². The average Bonchev–Trinajstić information content (AvgIpc) is 4.02. The summed E-state index contributed by atoms with van der Waals surface area (Å²) >= 11 is 0. The van der Waals surface area contributed by atoms with Crippen LogP contribution in [-0.4, -0.2) is 90.7 Å². The molecule has 2 aliphatic carbocycles. The number of methoxy groups -OCH3 is 1. The number of carbonyl (C=O) groups is 4. The normalized spacial score (nSPS) is 29.6. The van der Waals surface area contributed by atoms with Crippen molar-refractivity contribution < 1.29 is 45.9 Å². The maximum absolute atomic E-state index is 14.9. The summed E-state index contributed by atoms with van der Waals surface area (Å²) in [4.78, 5) is 62.1. The number of aromatic nitrogens is 1. The van der Waals surface area contributed by atoms with Gasteiger partial charge in [0, 0.05) is 29.3 Å². The molecule has 3 heterocycles. The first kappa shape index (κ1) is 40.3. The number of nitrogens with one attached hydrogen (secondary N) is 3. The number of fused-ring (bicyclic) bond motifs is 3. The fourth-order valence-corrected chi connectivity index (χ4v) is 9.09. The SMILES string of the molecule is COc1cc2ccnc(O[C@@H]3C[C@H]4C(=O)N[C@]5(C(=O)NS(=O)(=O)C6(CF)CC6)C[C@H]5C=CCC[C@@H](C)C[C@@H](C)[C@H](NC(=O)C(C)(C)C)C(=O)N4C3)c2cc1F. The molecule has 1 aromatic heterocycles. The Morgan fingerprint density at radius 1 is 1.15 bits per heavy atom. The van der Waals surface area contributed by atoms with Crippen LogP contribution in [0.2, 0.25) is 0 Å². The van der Waals surface area contributed by atoms with Crippen molar-refractivity contribution in [1.29, 1.82) is 0 Å². The summed E-state index contributed by atoms with van der Waals surface area (Å²) in [6.07, 6.45) is 6.44. The van der Waals surface area contributed by atoms with E-state index in [1.807, 2.05) is 13.0 Å². The molecule has 0 unspecified atom stereocenters. The van der Waals surface area contributed by atoms with Crippen molar-refractivity contribution in [3.63, 3.8) is 0 Å². The second kappa shape index (κ2) is 15.0. The lowest BCUT2D eigenvalue weighted by Crippen LogP contribution is -2.60. The van der Waals surface area contributed by atoms with Gasteiger partial charge in [0.1, 0.15) is 35.1 Å². The van der Waals surface area contributed by atoms with Gasteiger partial charge in [-0.15, -0.1) is 0 Å². The molecule has 0 radical (unpaired) electrons. The maximum atomic E-state index is 14.9. The Morgan fingerprint density at radius 2 is 1.87 bits per heavy atom. The molecular weight excluding hydrogens is 737 g/mol. The third-order valence-electron chi connectivity index (χ3n) is 11.5. The van der Waals surface area contributed by atoms with Gasteiger partial charge < -0.3 is 25.0 Å². The van der Waals surface area contributed by atoms with Gasteiger partial charge in [0.25, 0.3) is 5.91 Å². The van der Waals surface area contributed by atoms with Crippen LogP contribution in [0.1, 0.15) is 79.6 Å². The molecule has 300 valence electrons. The predicted octanol–water partition coefficient (Wildman–Crippen LogP) is 4.10. The Morgan fingerprint density at radius 3 is 2.53 bits per heavy atom. The van der Waals surface area contributed by atoms with Crippen molar-refractivity contribution in [2.75, 3.05) is 20.3 Å². The van der Waals surface area contributed by atoms with Gasteiger partial charge in [0.2, 0.25) is 33.6 Å². The fraction of sp³-hybridized carbons (Fsp3) is 0.615. The first-order chi connectivity index (χ1) is 25.8. The molecule has 3 N–H and O–H groups in total. The van der Waals surface area contributed by atoms with E-state index in [0.717, 1.165) is 6.42 Å². The summed E-state index contributed by atoms with van der Waals surface area (Å²) in [6, 6.07) is 2.15. The van der Waals surface area contributed by atoms with Crippen LogP contribution in [-0.2, 0) is 29.2 Å². The molecular formula is C39H51F2N5O8S. The van der Waals surface area contributed by atoms with Crippen LogP contribution in [0.25, 0.3) is 10.8 Å². The molecule has 4 aliphatic rings. The zero-order valence-corrected chi connectivity index (χ0v) is 32.9. The van der Waals surface area contributed by atoms with Crippen LogP contribution < -0.4 is 24.8 Å². The molecule has 1 saturated heterocycles. The highest BCUT2D eigenvalue weighted by atomic mass is 32.2. The van der Waals surface area contributed by atoms with Gasteiger partial charge in [0.05, 0.1) is 13.7 Å². The Balaban J connectivity index is 1.36. The summed E-state index contributed by atoms with van der Waals surface area (Å²) in [7, 11) is -3.05. The van der Waals surface area contributed by atoms with Crippen LogP contribution in [0.3, 0.4) is 0 Å². The van der Waals surface area contributed by atoms with E-state index in [1.165, 1.54) is 30.3 Å². The predicted molar refractivity (Wildman–Crippen MR) is 199 cm³/mol. The fourth-order valence-electron chi connectivity index (χ4n) is 7.66. The zero-order chi connectivity index (χ0) is 40.1. The minimum Gasteiger partial charge on any atom is -0.494 e. The highest BCUT2D eigenvalue weighted by Crippen LogP contribution is 2.48. The first-order valence-corrected chi connectivity index (χ1v) is 20.3. The highest BCUT2D eigenvalue weighted by molar-refractivity contribution is 7.91. The zero-order valence-electron chi connectivity index (χ0n) is 32.1. The molecule has 0 bridgehead atoms. The van der Waals surface area contributed by atoms with Gasteiger partial charge in [-0.05, 0) is 73.9 Å².